The van der Waals surface area contributed by atoms with Crippen molar-refractivity contribution in [2.45, 2.75) is 56.5 Å². The average molecular weight is 404 g/mol. The molecule has 4 rings (SSSR count). The van der Waals surface area contributed by atoms with Gasteiger partial charge >= 0.3 is 0 Å². The number of hydrogen-bond donors (Lipinski definition) is 1. The second-order valence-electron chi connectivity index (χ2n) is 7.52. The Morgan fingerprint density at radius 3 is 2.86 bits per heavy atom. The number of hydrogen-bond acceptors (Lipinski definition) is 7. The van der Waals surface area contributed by atoms with Crippen LogP contribution in [0.5, 0.6) is 5.88 Å². The predicted octanol–water partition coefficient (Wildman–Crippen LogP) is 1.45. The number of nitrogens with one attached hydrogen (secondary N) is 1. The van der Waals surface area contributed by atoms with Crippen molar-refractivity contribution in [3.63, 3.8) is 0 Å². The largest absolute Gasteiger partial charge is 0.474 e. The Bertz CT molecular complexity index is 1030. The van der Waals surface area contributed by atoms with Crippen molar-refractivity contribution >= 4 is 9.84 Å². The van der Waals surface area contributed by atoms with E-state index >= 15 is 0 Å². The van der Waals surface area contributed by atoms with Crippen LogP contribution in [0, 0.1) is 0 Å². The Balaban J connectivity index is 1.52. The molecule has 0 aromatic carbocycles. The zero-order valence-electron chi connectivity index (χ0n) is 15.8. The quantitative estimate of drug-likeness (QED) is 0.752. The van der Waals surface area contributed by atoms with Crippen molar-refractivity contribution in [3.8, 4) is 5.88 Å². The van der Waals surface area contributed by atoms with Crippen LogP contribution in [0.4, 0.5) is 0 Å². The van der Waals surface area contributed by atoms with Gasteiger partial charge in [0.2, 0.25) is 20.9 Å². The molecule has 9 heteroatoms. The number of aromatic nitrogens is 3. The van der Waals surface area contributed by atoms with Gasteiger partial charge in [-0.05, 0) is 31.7 Å². The van der Waals surface area contributed by atoms with Crippen LogP contribution in [0.1, 0.15) is 42.5 Å². The lowest BCUT2D eigenvalue weighted by Crippen LogP contribution is -2.36. The van der Waals surface area contributed by atoms with Gasteiger partial charge < -0.3 is 4.74 Å². The first-order valence-corrected chi connectivity index (χ1v) is 11.4. The number of nitrogens with zero attached hydrogens (tertiary/aromatic N) is 3. The summed E-state index contributed by atoms with van der Waals surface area (Å²) < 4.78 is 29.5. The highest BCUT2D eigenvalue weighted by atomic mass is 32.2. The molecule has 1 aliphatic heterocycles. The third-order valence-electron chi connectivity index (χ3n) is 5.30. The summed E-state index contributed by atoms with van der Waals surface area (Å²) in [6.45, 7) is 1.71. The van der Waals surface area contributed by atoms with E-state index in [1.807, 2.05) is 12.1 Å². The van der Waals surface area contributed by atoms with Crippen molar-refractivity contribution in [3.05, 3.63) is 45.5 Å². The fraction of sp³-hybridized carbons (Fsp3) is 0.526. The Morgan fingerprint density at radius 1 is 1.32 bits per heavy atom. The minimum Gasteiger partial charge on any atom is -0.474 e. The second kappa shape index (κ2) is 7.63. The lowest BCUT2D eigenvalue weighted by atomic mass is 10.1. The molecular weight excluding hydrogens is 380 g/mol. The summed E-state index contributed by atoms with van der Waals surface area (Å²) in [6.07, 6.45) is 8.07. The zero-order valence-corrected chi connectivity index (χ0v) is 16.7. The Morgan fingerprint density at radius 2 is 2.11 bits per heavy atom. The summed E-state index contributed by atoms with van der Waals surface area (Å²) in [7, 11) is -3.54. The van der Waals surface area contributed by atoms with Crippen LogP contribution in [0.25, 0.3) is 0 Å². The smallest absolute Gasteiger partial charge is 0.256 e. The normalized spacial score (nSPS) is 18.2. The molecule has 0 unspecified atom stereocenters. The van der Waals surface area contributed by atoms with Gasteiger partial charge in [-0.1, -0.05) is 6.07 Å². The molecule has 8 nitrogen and oxygen atoms in total. The molecule has 0 saturated heterocycles. The van der Waals surface area contributed by atoms with E-state index in [-0.39, 0.29) is 16.8 Å². The highest BCUT2D eigenvalue weighted by Crippen LogP contribution is 2.26. The van der Waals surface area contributed by atoms with Crippen LogP contribution < -0.4 is 10.3 Å². The molecule has 0 radical (unpaired) electrons. The first kappa shape index (κ1) is 19.1. The fourth-order valence-electron chi connectivity index (χ4n) is 3.82. The molecule has 1 fully saturated rings. The van der Waals surface area contributed by atoms with Crippen molar-refractivity contribution < 1.29 is 13.2 Å². The van der Waals surface area contributed by atoms with E-state index in [0.717, 1.165) is 24.7 Å². The first-order chi connectivity index (χ1) is 13.4. The van der Waals surface area contributed by atoms with Gasteiger partial charge in [0.1, 0.15) is 6.10 Å². The average Bonchev–Trinajstić information content (AvgIpc) is 3.16. The highest BCUT2D eigenvalue weighted by Gasteiger charge is 2.25. The second-order valence-corrected chi connectivity index (χ2v) is 9.45. The van der Waals surface area contributed by atoms with E-state index in [2.05, 4.69) is 19.9 Å². The number of ether oxygens (including phenoxy) is 1. The molecule has 0 atom stereocenters. The first-order valence-electron chi connectivity index (χ1n) is 9.55. The molecule has 0 bridgehead atoms. The Hall–Kier alpha value is -2.26. The SMILES string of the molecule is CS(=O)(=O)c1nc2c(c(=O)[nH]1)CN(Cc1cccnc1OC1CCCC1)CC2. The van der Waals surface area contributed by atoms with Crippen LogP contribution in [0.2, 0.25) is 0 Å². The molecular formula is C19H24N4O4S. The van der Waals surface area contributed by atoms with Crippen LogP contribution in [0.15, 0.2) is 28.3 Å². The maximum absolute atomic E-state index is 12.4. The maximum atomic E-state index is 12.4. The van der Waals surface area contributed by atoms with Crippen LogP contribution in [-0.2, 0) is 29.3 Å². The van der Waals surface area contributed by atoms with Gasteiger partial charge in [-0.3, -0.25) is 14.7 Å². The van der Waals surface area contributed by atoms with Gasteiger partial charge in [-0.2, -0.15) is 0 Å². The van der Waals surface area contributed by atoms with Crippen molar-refractivity contribution in [1.29, 1.82) is 0 Å². The molecule has 0 amide bonds. The summed E-state index contributed by atoms with van der Waals surface area (Å²) in [5.41, 5.74) is 1.70. The third kappa shape index (κ3) is 4.10. The number of pyridine rings is 1. The van der Waals surface area contributed by atoms with E-state index in [4.69, 9.17) is 4.74 Å². The summed E-state index contributed by atoms with van der Waals surface area (Å²) in [5.74, 6) is 0.666. The zero-order chi connectivity index (χ0) is 19.7. The minimum absolute atomic E-state index is 0.234. The van der Waals surface area contributed by atoms with E-state index < -0.39 is 9.84 Å². The molecule has 28 heavy (non-hydrogen) atoms. The van der Waals surface area contributed by atoms with Gasteiger partial charge in [0.05, 0.1) is 11.3 Å². The van der Waals surface area contributed by atoms with E-state index in [1.165, 1.54) is 12.8 Å². The summed E-state index contributed by atoms with van der Waals surface area (Å²) in [6, 6.07) is 3.89. The van der Waals surface area contributed by atoms with Gasteiger partial charge in [0, 0.05) is 44.1 Å². The fourth-order valence-corrected chi connectivity index (χ4v) is 4.38. The number of H-pyrrole nitrogens is 1. The van der Waals surface area contributed by atoms with Crippen LogP contribution in [-0.4, -0.2) is 47.2 Å². The van der Waals surface area contributed by atoms with Gasteiger partial charge in [-0.25, -0.2) is 18.4 Å². The molecule has 2 aromatic rings. The number of fused-ring (bicyclic) bond motifs is 1. The minimum atomic E-state index is -3.54. The van der Waals surface area contributed by atoms with Crippen LogP contribution >= 0.6 is 0 Å². The van der Waals surface area contributed by atoms with Gasteiger partial charge in [0.15, 0.2) is 0 Å². The highest BCUT2D eigenvalue weighted by molar-refractivity contribution is 7.90. The van der Waals surface area contributed by atoms with E-state index in [0.29, 0.717) is 43.2 Å². The lowest BCUT2D eigenvalue weighted by Gasteiger charge is -2.28. The maximum Gasteiger partial charge on any atom is 0.256 e. The molecule has 3 heterocycles. The molecule has 1 N–H and O–H groups in total. The van der Waals surface area contributed by atoms with Gasteiger partial charge in [0.25, 0.3) is 5.56 Å². The third-order valence-corrected chi connectivity index (χ3v) is 6.20. The summed E-state index contributed by atoms with van der Waals surface area (Å²) in [4.78, 5) is 25.5. The molecule has 2 aliphatic rings. The molecule has 0 spiro atoms. The molecule has 150 valence electrons. The Kier molecular flexibility index (Phi) is 5.20. The summed E-state index contributed by atoms with van der Waals surface area (Å²) >= 11 is 0. The van der Waals surface area contributed by atoms with Crippen LogP contribution in [0.3, 0.4) is 0 Å². The van der Waals surface area contributed by atoms with Crippen molar-refractivity contribution in [2.24, 2.45) is 0 Å². The standard InChI is InChI=1S/C19H24N4O4S/c1-28(25,26)19-21-16-8-10-23(12-15(16)17(24)22-19)11-13-5-4-9-20-18(13)27-14-6-2-3-7-14/h4-5,9,14H,2-3,6-8,10-12H2,1H3,(H,21,22,24). The monoisotopic (exact) mass is 404 g/mol. The Labute approximate surface area is 163 Å². The van der Waals surface area contributed by atoms with Crippen molar-refractivity contribution in [2.75, 3.05) is 12.8 Å². The van der Waals surface area contributed by atoms with E-state index in [1.54, 1.807) is 6.20 Å². The molecule has 2 aromatic heterocycles. The van der Waals surface area contributed by atoms with Crippen molar-refractivity contribution in [1.82, 2.24) is 19.9 Å². The van der Waals surface area contributed by atoms with Gasteiger partial charge in [-0.15, -0.1) is 0 Å². The topological polar surface area (TPSA) is 105 Å². The van der Waals surface area contributed by atoms with E-state index in [9.17, 15) is 13.2 Å². The number of sulfone groups is 1. The molecule has 1 saturated carbocycles. The molecule has 1 aliphatic carbocycles. The predicted molar refractivity (Wildman–Crippen MR) is 103 cm³/mol. The summed E-state index contributed by atoms with van der Waals surface area (Å²) in [5, 5.41) is -0.260. The number of aromatic amines is 1. The lowest BCUT2D eigenvalue weighted by molar-refractivity contribution is 0.189. The number of rotatable bonds is 5.